The van der Waals surface area contributed by atoms with Gasteiger partial charge in [0.05, 0.1) is 19.2 Å². The number of nitrogens with one attached hydrogen (secondary N) is 1. The minimum Gasteiger partial charge on any atom is -0.497 e. The first-order valence-corrected chi connectivity index (χ1v) is 7.60. The summed E-state index contributed by atoms with van der Waals surface area (Å²) in [6.07, 6.45) is 1.14. The fourth-order valence-electron chi connectivity index (χ4n) is 2.16. The number of amides is 1. The maximum Gasteiger partial charge on any atom is 0.226 e. The van der Waals surface area contributed by atoms with Gasteiger partial charge in [0.25, 0.3) is 0 Å². The molecule has 1 amide bonds. The monoisotopic (exact) mass is 317 g/mol. The van der Waals surface area contributed by atoms with Gasteiger partial charge in [-0.15, -0.1) is 0 Å². The molecular formula is C17H23N3O3. The summed E-state index contributed by atoms with van der Waals surface area (Å²) in [5.74, 6) is 1.33. The van der Waals surface area contributed by atoms with Crippen molar-refractivity contribution in [3.05, 3.63) is 36.0 Å². The van der Waals surface area contributed by atoms with Crippen LogP contribution in [0.15, 0.2) is 34.9 Å². The number of ether oxygens (including phenoxy) is 1. The third-order valence-corrected chi connectivity index (χ3v) is 3.36. The molecule has 0 aliphatic carbocycles. The molecule has 23 heavy (non-hydrogen) atoms. The van der Waals surface area contributed by atoms with Gasteiger partial charge in [0.15, 0.2) is 5.76 Å². The Kier molecular flexibility index (Phi) is 6.17. The molecule has 1 heterocycles. The standard InChI is InChI=1S/C17H23N3O3/c1-20(2)9-5-8-18-17(21)12-14-11-16(23-19-14)13-6-4-7-15(10-13)22-3/h4,6-7,10-11H,5,8-9,12H2,1-3H3,(H,18,21). The molecule has 0 radical (unpaired) electrons. The third kappa shape index (κ3) is 5.41. The van der Waals surface area contributed by atoms with Crippen LogP contribution in [0, 0.1) is 0 Å². The maximum absolute atomic E-state index is 11.9. The number of benzene rings is 1. The summed E-state index contributed by atoms with van der Waals surface area (Å²) in [6.45, 7) is 1.61. The van der Waals surface area contributed by atoms with Gasteiger partial charge in [0.2, 0.25) is 5.91 Å². The Morgan fingerprint density at radius 2 is 2.17 bits per heavy atom. The molecule has 0 unspecified atom stereocenters. The Morgan fingerprint density at radius 1 is 1.35 bits per heavy atom. The molecule has 1 aromatic heterocycles. The van der Waals surface area contributed by atoms with Gasteiger partial charge in [-0.1, -0.05) is 17.3 Å². The summed E-state index contributed by atoms with van der Waals surface area (Å²) in [7, 11) is 5.64. The van der Waals surface area contributed by atoms with E-state index < -0.39 is 0 Å². The van der Waals surface area contributed by atoms with Crippen LogP contribution < -0.4 is 10.1 Å². The molecule has 0 atom stereocenters. The Morgan fingerprint density at radius 3 is 2.91 bits per heavy atom. The first kappa shape index (κ1) is 17.0. The first-order valence-electron chi connectivity index (χ1n) is 7.60. The summed E-state index contributed by atoms with van der Waals surface area (Å²) < 4.78 is 10.5. The van der Waals surface area contributed by atoms with Gasteiger partial charge in [-0.25, -0.2) is 0 Å². The van der Waals surface area contributed by atoms with Gasteiger partial charge in [0.1, 0.15) is 5.75 Å². The van der Waals surface area contributed by atoms with E-state index in [2.05, 4.69) is 15.4 Å². The number of carbonyl (C=O) groups is 1. The predicted octanol–water partition coefficient (Wildman–Crippen LogP) is 1.96. The quantitative estimate of drug-likeness (QED) is 0.754. The summed E-state index contributed by atoms with van der Waals surface area (Å²) in [5.41, 5.74) is 1.49. The number of rotatable bonds is 8. The van der Waals surface area contributed by atoms with Crippen molar-refractivity contribution in [3.8, 4) is 17.1 Å². The molecule has 0 fully saturated rings. The zero-order chi connectivity index (χ0) is 16.7. The van der Waals surface area contributed by atoms with Crippen LogP contribution >= 0.6 is 0 Å². The predicted molar refractivity (Wildman–Crippen MR) is 88.4 cm³/mol. The molecule has 2 aromatic rings. The van der Waals surface area contributed by atoms with Crippen LogP contribution in [0.1, 0.15) is 12.1 Å². The Bertz CT molecular complexity index is 638. The van der Waals surface area contributed by atoms with E-state index in [0.717, 1.165) is 24.3 Å². The van der Waals surface area contributed by atoms with Crippen molar-refractivity contribution in [1.29, 1.82) is 0 Å². The number of nitrogens with zero attached hydrogens (tertiary/aromatic N) is 2. The smallest absolute Gasteiger partial charge is 0.226 e. The van der Waals surface area contributed by atoms with Crippen molar-refractivity contribution >= 4 is 5.91 Å². The summed E-state index contributed by atoms with van der Waals surface area (Å²) in [4.78, 5) is 14.0. The molecule has 1 N–H and O–H groups in total. The second-order valence-corrected chi connectivity index (χ2v) is 5.60. The lowest BCUT2D eigenvalue weighted by molar-refractivity contribution is -0.120. The van der Waals surface area contributed by atoms with Crippen LogP contribution in [0.5, 0.6) is 5.75 Å². The lowest BCUT2D eigenvalue weighted by Crippen LogP contribution is -2.28. The van der Waals surface area contributed by atoms with Gasteiger partial charge in [-0.3, -0.25) is 4.79 Å². The SMILES string of the molecule is COc1cccc(-c2cc(CC(=O)NCCCN(C)C)no2)c1. The number of methoxy groups -OCH3 is 1. The Balaban J connectivity index is 1.88. The van der Waals surface area contributed by atoms with Gasteiger partial charge >= 0.3 is 0 Å². The molecule has 0 saturated heterocycles. The molecule has 0 saturated carbocycles. The fraction of sp³-hybridized carbons (Fsp3) is 0.412. The molecule has 2 rings (SSSR count). The fourth-order valence-corrected chi connectivity index (χ4v) is 2.16. The van der Waals surface area contributed by atoms with Crippen molar-refractivity contribution in [1.82, 2.24) is 15.4 Å². The van der Waals surface area contributed by atoms with E-state index in [1.54, 1.807) is 13.2 Å². The van der Waals surface area contributed by atoms with Crippen LogP contribution in [0.2, 0.25) is 0 Å². The van der Waals surface area contributed by atoms with E-state index in [1.807, 2.05) is 38.4 Å². The molecule has 124 valence electrons. The number of aromatic nitrogens is 1. The highest BCUT2D eigenvalue weighted by molar-refractivity contribution is 5.78. The summed E-state index contributed by atoms with van der Waals surface area (Å²) >= 11 is 0. The van der Waals surface area contributed by atoms with Crippen molar-refractivity contribution in [2.45, 2.75) is 12.8 Å². The van der Waals surface area contributed by atoms with E-state index in [9.17, 15) is 4.79 Å². The molecular weight excluding hydrogens is 294 g/mol. The summed E-state index contributed by atoms with van der Waals surface area (Å²) in [6, 6.07) is 9.31. The van der Waals surface area contributed by atoms with E-state index in [-0.39, 0.29) is 12.3 Å². The van der Waals surface area contributed by atoms with Gasteiger partial charge in [-0.05, 0) is 39.2 Å². The zero-order valence-corrected chi connectivity index (χ0v) is 13.8. The average molecular weight is 317 g/mol. The van der Waals surface area contributed by atoms with Crippen molar-refractivity contribution in [2.75, 3.05) is 34.3 Å². The summed E-state index contributed by atoms with van der Waals surface area (Å²) in [5, 5.41) is 6.85. The highest BCUT2D eigenvalue weighted by atomic mass is 16.5. The van der Waals surface area contributed by atoms with E-state index in [0.29, 0.717) is 18.0 Å². The highest BCUT2D eigenvalue weighted by Crippen LogP contribution is 2.24. The van der Waals surface area contributed by atoms with Crippen LogP contribution in [-0.2, 0) is 11.2 Å². The average Bonchev–Trinajstić information content (AvgIpc) is 3.00. The minimum absolute atomic E-state index is 0.0470. The van der Waals surface area contributed by atoms with Gasteiger partial charge < -0.3 is 19.5 Å². The minimum atomic E-state index is -0.0470. The van der Waals surface area contributed by atoms with Crippen LogP contribution in [0.4, 0.5) is 0 Å². The van der Waals surface area contributed by atoms with Crippen LogP contribution in [0.25, 0.3) is 11.3 Å². The van der Waals surface area contributed by atoms with Gasteiger partial charge in [0, 0.05) is 18.2 Å². The third-order valence-electron chi connectivity index (χ3n) is 3.36. The lowest BCUT2D eigenvalue weighted by Gasteiger charge is -2.09. The van der Waals surface area contributed by atoms with Gasteiger partial charge in [-0.2, -0.15) is 0 Å². The normalized spacial score (nSPS) is 10.8. The second-order valence-electron chi connectivity index (χ2n) is 5.60. The topological polar surface area (TPSA) is 67.6 Å². The molecule has 0 aliphatic rings. The highest BCUT2D eigenvalue weighted by Gasteiger charge is 2.11. The largest absolute Gasteiger partial charge is 0.497 e. The molecule has 6 heteroatoms. The zero-order valence-electron chi connectivity index (χ0n) is 13.8. The molecule has 1 aromatic carbocycles. The number of hydrogen-bond acceptors (Lipinski definition) is 5. The molecule has 0 bridgehead atoms. The van der Waals surface area contributed by atoms with Crippen molar-refractivity contribution in [3.63, 3.8) is 0 Å². The van der Waals surface area contributed by atoms with Crippen LogP contribution in [-0.4, -0.2) is 50.3 Å². The van der Waals surface area contributed by atoms with Crippen LogP contribution in [0.3, 0.4) is 0 Å². The first-order chi connectivity index (χ1) is 11.1. The lowest BCUT2D eigenvalue weighted by atomic mass is 10.1. The number of carbonyl (C=O) groups excluding carboxylic acids is 1. The maximum atomic E-state index is 11.9. The molecule has 6 nitrogen and oxygen atoms in total. The number of hydrogen-bond donors (Lipinski definition) is 1. The van der Waals surface area contributed by atoms with E-state index in [4.69, 9.17) is 9.26 Å². The Hall–Kier alpha value is -2.34. The van der Waals surface area contributed by atoms with E-state index >= 15 is 0 Å². The van der Waals surface area contributed by atoms with Crippen molar-refractivity contribution in [2.24, 2.45) is 0 Å². The Labute approximate surface area is 136 Å². The molecule has 0 spiro atoms. The van der Waals surface area contributed by atoms with Crippen molar-refractivity contribution < 1.29 is 14.1 Å². The van der Waals surface area contributed by atoms with E-state index in [1.165, 1.54) is 0 Å². The second kappa shape index (κ2) is 8.33. The molecule has 0 aliphatic heterocycles.